The van der Waals surface area contributed by atoms with Crippen LogP contribution in [0.15, 0.2) is 4.99 Å². The Morgan fingerprint density at radius 2 is 1.82 bits per heavy atom. The molecule has 0 aromatic rings. The SMILES string of the molecule is CCNC(=NCC1(CC)CCCC1)NCCC(=O)N(C)C.I. The Balaban J connectivity index is 0.00000441. The Morgan fingerprint density at radius 3 is 2.32 bits per heavy atom. The van der Waals surface area contributed by atoms with E-state index in [1.54, 1.807) is 19.0 Å². The second-order valence-corrected chi connectivity index (χ2v) is 6.22. The summed E-state index contributed by atoms with van der Waals surface area (Å²) in [5, 5.41) is 6.53. The quantitative estimate of drug-likeness (QED) is 0.375. The van der Waals surface area contributed by atoms with E-state index in [9.17, 15) is 4.79 Å². The molecular weight excluding hydrogens is 391 g/mol. The fourth-order valence-electron chi connectivity index (χ4n) is 2.85. The number of nitrogens with one attached hydrogen (secondary N) is 2. The number of carbonyl (C=O) groups is 1. The van der Waals surface area contributed by atoms with Crippen molar-refractivity contribution < 1.29 is 4.79 Å². The van der Waals surface area contributed by atoms with E-state index in [0.717, 1.165) is 19.0 Å². The highest BCUT2D eigenvalue weighted by Crippen LogP contribution is 2.41. The molecule has 0 radical (unpaired) electrons. The number of nitrogens with zero attached hydrogens (tertiary/aromatic N) is 2. The van der Waals surface area contributed by atoms with Crippen LogP contribution >= 0.6 is 24.0 Å². The third kappa shape index (κ3) is 7.15. The third-order valence-electron chi connectivity index (χ3n) is 4.46. The zero-order valence-corrected chi connectivity index (χ0v) is 16.9. The molecule has 0 aromatic heterocycles. The molecule has 130 valence electrons. The summed E-state index contributed by atoms with van der Waals surface area (Å²) in [5.74, 6) is 0.975. The van der Waals surface area contributed by atoms with Gasteiger partial charge in [0.25, 0.3) is 0 Å². The molecule has 0 aliphatic heterocycles. The van der Waals surface area contributed by atoms with E-state index in [-0.39, 0.29) is 29.9 Å². The van der Waals surface area contributed by atoms with Crippen LogP contribution in [0.4, 0.5) is 0 Å². The molecule has 1 aliphatic carbocycles. The Hall–Kier alpha value is -0.530. The molecule has 0 saturated heterocycles. The summed E-state index contributed by atoms with van der Waals surface area (Å²) in [7, 11) is 3.57. The first-order chi connectivity index (χ1) is 10.0. The average Bonchev–Trinajstić information content (AvgIpc) is 2.94. The molecule has 1 rings (SSSR count). The lowest BCUT2D eigenvalue weighted by atomic mass is 9.84. The van der Waals surface area contributed by atoms with Gasteiger partial charge in [-0.3, -0.25) is 9.79 Å². The molecule has 22 heavy (non-hydrogen) atoms. The topological polar surface area (TPSA) is 56.7 Å². The molecule has 6 heteroatoms. The summed E-state index contributed by atoms with van der Waals surface area (Å²) in [6, 6.07) is 0. The predicted octanol–water partition coefficient (Wildman–Crippen LogP) is 2.61. The lowest BCUT2D eigenvalue weighted by Gasteiger charge is -2.25. The highest BCUT2D eigenvalue weighted by atomic mass is 127. The minimum Gasteiger partial charge on any atom is -0.357 e. The summed E-state index contributed by atoms with van der Waals surface area (Å²) in [4.78, 5) is 17.9. The Labute approximate surface area is 152 Å². The van der Waals surface area contributed by atoms with Crippen LogP contribution in [-0.2, 0) is 4.79 Å². The van der Waals surface area contributed by atoms with Crippen molar-refractivity contribution in [1.29, 1.82) is 0 Å². The summed E-state index contributed by atoms with van der Waals surface area (Å²) < 4.78 is 0. The van der Waals surface area contributed by atoms with E-state index in [2.05, 4.69) is 24.5 Å². The number of aliphatic imine (C=N–C) groups is 1. The van der Waals surface area contributed by atoms with Gasteiger partial charge in [-0.05, 0) is 31.6 Å². The Bertz CT molecular complexity index is 352. The van der Waals surface area contributed by atoms with Gasteiger partial charge in [-0.15, -0.1) is 24.0 Å². The van der Waals surface area contributed by atoms with Gasteiger partial charge in [0.05, 0.1) is 0 Å². The number of hydrogen-bond acceptors (Lipinski definition) is 2. The second kappa shape index (κ2) is 11.1. The first-order valence-corrected chi connectivity index (χ1v) is 8.25. The standard InChI is InChI=1S/C16H32N4O.HI/c1-5-16(10-7-8-11-16)13-19-15(17-6-2)18-12-9-14(21)20(3)4;/h5-13H2,1-4H3,(H2,17,18,19);1H. The van der Waals surface area contributed by atoms with Crippen molar-refractivity contribution in [3.63, 3.8) is 0 Å². The number of amides is 1. The van der Waals surface area contributed by atoms with Crippen molar-refractivity contribution >= 4 is 35.8 Å². The predicted molar refractivity (Wildman–Crippen MR) is 104 cm³/mol. The van der Waals surface area contributed by atoms with E-state index in [0.29, 0.717) is 18.4 Å². The Kier molecular flexibility index (Phi) is 10.8. The lowest BCUT2D eigenvalue weighted by Crippen LogP contribution is -2.40. The number of halogens is 1. The van der Waals surface area contributed by atoms with Crippen molar-refractivity contribution in [2.45, 2.75) is 52.4 Å². The molecule has 0 spiro atoms. The van der Waals surface area contributed by atoms with Crippen LogP contribution in [0.5, 0.6) is 0 Å². The second-order valence-electron chi connectivity index (χ2n) is 6.22. The molecule has 2 N–H and O–H groups in total. The van der Waals surface area contributed by atoms with Crippen LogP contribution in [0.2, 0.25) is 0 Å². The molecule has 0 unspecified atom stereocenters. The normalized spacial score (nSPS) is 16.8. The van der Waals surface area contributed by atoms with Crippen LogP contribution < -0.4 is 10.6 Å². The van der Waals surface area contributed by atoms with Gasteiger partial charge in [-0.25, -0.2) is 0 Å². The van der Waals surface area contributed by atoms with Crippen molar-refractivity contribution in [3.05, 3.63) is 0 Å². The molecule has 1 amide bonds. The van der Waals surface area contributed by atoms with Gasteiger partial charge < -0.3 is 15.5 Å². The summed E-state index contributed by atoms with van der Waals surface area (Å²) in [5.41, 5.74) is 0.405. The molecule has 1 aliphatic rings. The molecule has 0 aromatic carbocycles. The zero-order valence-electron chi connectivity index (χ0n) is 14.6. The first kappa shape index (κ1) is 21.5. The fourth-order valence-corrected chi connectivity index (χ4v) is 2.85. The van der Waals surface area contributed by atoms with Crippen LogP contribution in [0, 0.1) is 5.41 Å². The van der Waals surface area contributed by atoms with Crippen LogP contribution in [0.25, 0.3) is 0 Å². The summed E-state index contributed by atoms with van der Waals surface area (Å²) >= 11 is 0. The number of guanidine groups is 1. The summed E-state index contributed by atoms with van der Waals surface area (Å²) in [6.07, 6.45) is 6.97. The van der Waals surface area contributed by atoms with E-state index < -0.39 is 0 Å². The van der Waals surface area contributed by atoms with Crippen molar-refractivity contribution in [1.82, 2.24) is 15.5 Å². The van der Waals surface area contributed by atoms with E-state index in [1.807, 2.05) is 0 Å². The average molecular weight is 424 g/mol. The maximum Gasteiger partial charge on any atom is 0.223 e. The van der Waals surface area contributed by atoms with E-state index >= 15 is 0 Å². The van der Waals surface area contributed by atoms with Crippen molar-refractivity contribution in [3.8, 4) is 0 Å². The molecular formula is C16H33IN4O. The molecule has 0 atom stereocenters. The van der Waals surface area contributed by atoms with Crippen LogP contribution in [0.3, 0.4) is 0 Å². The molecule has 1 fully saturated rings. The van der Waals surface area contributed by atoms with Crippen molar-refractivity contribution in [2.75, 3.05) is 33.7 Å². The van der Waals surface area contributed by atoms with Gasteiger partial charge >= 0.3 is 0 Å². The van der Waals surface area contributed by atoms with Crippen LogP contribution in [0.1, 0.15) is 52.4 Å². The van der Waals surface area contributed by atoms with Gasteiger partial charge in [0.2, 0.25) is 5.91 Å². The molecule has 0 heterocycles. The molecule has 5 nitrogen and oxygen atoms in total. The minimum atomic E-state index is 0. The minimum absolute atomic E-state index is 0. The Morgan fingerprint density at radius 1 is 1.18 bits per heavy atom. The van der Waals surface area contributed by atoms with Gasteiger partial charge in [0, 0.05) is 40.2 Å². The van der Waals surface area contributed by atoms with Gasteiger partial charge in [-0.2, -0.15) is 0 Å². The molecule has 1 saturated carbocycles. The zero-order chi connectivity index (χ0) is 15.7. The molecule has 0 bridgehead atoms. The number of hydrogen-bond donors (Lipinski definition) is 2. The maximum atomic E-state index is 11.6. The third-order valence-corrected chi connectivity index (χ3v) is 4.46. The van der Waals surface area contributed by atoms with Crippen LogP contribution in [-0.4, -0.2) is 50.5 Å². The van der Waals surface area contributed by atoms with Gasteiger partial charge in [-0.1, -0.05) is 19.8 Å². The largest absolute Gasteiger partial charge is 0.357 e. The van der Waals surface area contributed by atoms with Gasteiger partial charge in [0.1, 0.15) is 0 Å². The first-order valence-electron chi connectivity index (χ1n) is 8.25. The van der Waals surface area contributed by atoms with E-state index in [1.165, 1.54) is 32.1 Å². The van der Waals surface area contributed by atoms with Gasteiger partial charge in [0.15, 0.2) is 5.96 Å². The highest BCUT2D eigenvalue weighted by Gasteiger charge is 2.31. The maximum absolute atomic E-state index is 11.6. The number of carbonyl (C=O) groups excluding carboxylic acids is 1. The fraction of sp³-hybridized carbons (Fsp3) is 0.875. The van der Waals surface area contributed by atoms with E-state index in [4.69, 9.17) is 4.99 Å². The smallest absolute Gasteiger partial charge is 0.223 e. The highest BCUT2D eigenvalue weighted by molar-refractivity contribution is 14.0. The lowest BCUT2D eigenvalue weighted by molar-refractivity contribution is -0.128. The summed E-state index contributed by atoms with van der Waals surface area (Å²) in [6.45, 7) is 6.69. The number of rotatable bonds is 7. The monoisotopic (exact) mass is 424 g/mol. The van der Waals surface area contributed by atoms with Crippen molar-refractivity contribution in [2.24, 2.45) is 10.4 Å².